The average molecular weight is 258 g/mol. The molecule has 1 N–H and O–H groups in total. The number of fused-ring (bicyclic) bond motifs is 1. The summed E-state index contributed by atoms with van der Waals surface area (Å²) >= 11 is 0. The molecule has 4 nitrogen and oxygen atoms in total. The summed E-state index contributed by atoms with van der Waals surface area (Å²) in [4.78, 5) is 11.9. The van der Waals surface area contributed by atoms with Crippen LogP contribution in [0.4, 0.5) is 0 Å². The Labute approximate surface area is 97.2 Å². The Morgan fingerprint density at radius 1 is 1.31 bits per heavy atom. The SMILES string of the molecule is O=C1c2ccccc2CCC1SS(=O)(=O)O. The number of aryl methyl sites for hydroxylation is 1. The van der Waals surface area contributed by atoms with Crippen LogP contribution in [0.3, 0.4) is 0 Å². The van der Waals surface area contributed by atoms with E-state index in [-0.39, 0.29) is 5.78 Å². The molecule has 0 heterocycles. The van der Waals surface area contributed by atoms with Gasteiger partial charge < -0.3 is 0 Å². The van der Waals surface area contributed by atoms with Gasteiger partial charge in [0.1, 0.15) is 0 Å². The number of ketones is 1. The molecule has 0 radical (unpaired) electrons. The molecule has 0 bridgehead atoms. The summed E-state index contributed by atoms with van der Waals surface area (Å²) in [6.45, 7) is 0. The minimum Gasteiger partial charge on any atom is -0.293 e. The zero-order valence-electron chi connectivity index (χ0n) is 8.29. The van der Waals surface area contributed by atoms with Crippen molar-refractivity contribution in [3.63, 3.8) is 0 Å². The highest BCUT2D eigenvalue weighted by molar-refractivity contribution is 8.70. The molecule has 0 amide bonds. The molecule has 1 atom stereocenters. The van der Waals surface area contributed by atoms with Gasteiger partial charge in [0.2, 0.25) is 0 Å². The lowest BCUT2D eigenvalue weighted by atomic mass is 9.90. The quantitative estimate of drug-likeness (QED) is 0.646. The maximum Gasteiger partial charge on any atom is 0.320 e. The van der Waals surface area contributed by atoms with Crippen molar-refractivity contribution < 1.29 is 17.8 Å². The second-order valence-electron chi connectivity index (χ2n) is 3.57. The van der Waals surface area contributed by atoms with E-state index >= 15 is 0 Å². The van der Waals surface area contributed by atoms with Gasteiger partial charge in [-0.25, -0.2) is 0 Å². The maximum absolute atomic E-state index is 11.9. The van der Waals surface area contributed by atoms with Crippen molar-refractivity contribution in [2.24, 2.45) is 0 Å². The molecule has 1 aliphatic carbocycles. The minimum absolute atomic E-state index is 0.218. The normalized spacial score (nSPS) is 20.6. The monoisotopic (exact) mass is 258 g/mol. The lowest BCUT2D eigenvalue weighted by Gasteiger charge is -2.21. The summed E-state index contributed by atoms with van der Waals surface area (Å²) in [6.07, 6.45) is 1.11. The second kappa shape index (κ2) is 4.20. The standard InChI is InChI=1S/C10H10O4S2/c11-10-8-4-2-1-3-7(8)5-6-9(10)15-16(12,13)14/h1-4,9H,5-6H2,(H,12,13,14). The molecule has 2 rings (SSSR count). The van der Waals surface area contributed by atoms with Gasteiger partial charge >= 0.3 is 9.15 Å². The molecule has 1 aromatic carbocycles. The Kier molecular flexibility index (Phi) is 3.05. The lowest BCUT2D eigenvalue weighted by molar-refractivity contribution is 0.0979. The van der Waals surface area contributed by atoms with Gasteiger partial charge in [0.15, 0.2) is 5.78 Å². The first-order chi connectivity index (χ1) is 7.47. The van der Waals surface area contributed by atoms with E-state index in [0.29, 0.717) is 29.2 Å². The highest BCUT2D eigenvalue weighted by atomic mass is 33.1. The van der Waals surface area contributed by atoms with E-state index in [9.17, 15) is 13.2 Å². The van der Waals surface area contributed by atoms with Crippen molar-refractivity contribution in [3.05, 3.63) is 35.4 Å². The Balaban J connectivity index is 2.28. The molecule has 1 aliphatic rings. The van der Waals surface area contributed by atoms with Crippen LogP contribution in [0.2, 0.25) is 0 Å². The van der Waals surface area contributed by atoms with E-state index in [1.807, 2.05) is 12.1 Å². The molecule has 16 heavy (non-hydrogen) atoms. The molecule has 0 saturated carbocycles. The fourth-order valence-electron chi connectivity index (χ4n) is 1.81. The number of rotatable bonds is 2. The molecule has 0 spiro atoms. The summed E-state index contributed by atoms with van der Waals surface area (Å²) < 4.78 is 30.2. The van der Waals surface area contributed by atoms with Gasteiger partial charge in [-0.1, -0.05) is 24.3 Å². The van der Waals surface area contributed by atoms with Gasteiger partial charge in [0.25, 0.3) is 0 Å². The zero-order chi connectivity index (χ0) is 11.8. The van der Waals surface area contributed by atoms with Crippen molar-refractivity contribution in [1.82, 2.24) is 0 Å². The van der Waals surface area contributed by atoms with Crippen LogP contribution in [0.25, 0.3) is 0 Å². The Hall–Kier alpha value is -0.850. The van der Waals surface area contributed by atoms with Crippen molar-refractivity contribution in [2.45, 2.75) is 18.1 Å². The van der Waals surface area contributed by atoms with Crippen molar-refractivity contribution in [2.75, 3.05) is 0 Å². The highest BCUT2D eigenvalue weighted by Crippen LogP contribution is 2.31. The maximum atomic E-state index is 11.9. The Morgan fingerprint density at radius 3 is 2.69 bits per heavy atom. The Morgan fingerprint density at radius 2 is 2.00 bits per heavy atom. The second-order valence-corrected chi connectivity index (χ2v) is 7.03. The van der Waals surface area contributed by atoms with Gasteiger partial charge in [-0.2, -0.15) is 8.42 Å². The van der Waals surface area contributed by atoms with E-state index in [2.05, 4.69) is 0 Å². The molecule has 0 aromatic heterocycles. The number of hydrogen-bond acceptors (Lipinski definition) is 4. The molecular formula is C10H10O4S2. The smallest absolute Gasteiger partial charge is 0.293 e. The molecule has 0 saturated heterocycles. The van der Waals surface area contributed by atoms with Gasteiger partial charge in [0, 0.05) is 16.4 Å². The summed E-state index contributed by atoms with van der Waals surface area (Å²) in [6, 6.07) is 7.15. The zero-order valence-corrected chi connectivity index (χ0v) is 9.92. The molecule has 0 fully saturated rings. The molecule has 0 aliphatic heterocycles. The number of Topliss-reactive ketones (excluding diaryl/α,β-unsaturated/α-hetero) is 1. The molecule has 6 heteroatoms. The summed E-state index contributed by atoms with van der Waals surface area (Å²) in [7, 11) is -3.84. The highest BCUT2D eigenvalue weighted by Gasteiger charge is 2.31. The van der Waals surface area contributed by atoms with Crippen molar-refractivity contribution in [1.29, 1.82) is 0 Å². The third-order valence-corrected chi connectivity index (χ3v) is 4.84. The third-order valence-electron chi connectivity index (χ3n) is 2.49. The van der Waals surface area contributed by atoms with E-state index in [1.54, 1.807) is 12.1 Å². The van der Waals surface area contributed by atoms with Crippen LogP contribution in [0.1, 0.15) is 22.3 Å². The predicted molar refractivity (Wildman–Crippen MR) is 62.0 cm³/mol. The van der Waals surface area contributed by atoms with E-state index in [4.69, 9.17) is 4.55 Å². The Bertz CT molecular complexity index is 521. The van der Waals surface area contributed by atoms with Crippen LogP contribution >= 0.6 is 10.8 Å². The summed E-state index contributed by atoms with van der Waals surface area (Å²) in [5.74, 6) is -0.218. The van der Waals surface area contributed by atoms with Crippen molar-refractivity contribution >= 4 is 25.7 Å². The predicted octanol–water partition coefficient (Wildman–Crippen LogP) is 1.72. The minimum atomic E-state index is -4.16. The first kappa shape index (κ1) is 11.6. The van der Waals surface area contributed by atoms with Crippen LogP contribution in [0.15, 0.2) is 24.3 Å². The van der Waals surface area contributed by atoms with E-state index < -0.39 is 14.4 Å². The van der Waals surface area contributed by atoms with E-state index in [0.717, 1.165) is 5.56 Å². The number of carbonyl (C=O) groups is 1. The first-order valence-corrected chi connectivity index (χ1v) is 7.59. The van der Waals surface area contributed by atoms with Gasteiger partial charge in [-0.3, -0.25) is 9.35 Å². The summed E-state index contributed by atoms with van der Waals surface area (Å²) in [5.41, 5.74) is 1.51. The molecule has 1 aromatic rings. The number of hydrogen-bond donors (Lipinski definition) is 1. The van der Waals surface area contributed by atoms with Crippen LogP contribution in [-0.2, 0) is 15.6 Å². The van der Waals surface area contributed by atoms with Crippen LogP contribution in [-0.4, -0.2) is 24.0 Å². The number of carbonyl (C=O) groups excluding carboxylic acids is 1. The molecule has 1 unspecified atom stereocenters. The lowest BCUT2D eigenvalue weighted by Crippen LogP contribution is -2.26. The largest absolute Gasteiger partial charge is 0.320 e. The fraction of sp³-hybridized carbons (Fsp3) is 0.300. The van der Waals surface area contributed by atoms with Gasteiger partial charge in [-0.15, -0.1) is 0 Å². The van der Waals surface area contributed by atoms with Crippen molar-refractivity contribution in [3.8, 4) is 0 Å². The van der Waals surface area contributed by atoms with Crippen LogP contribution in [0.5, 0.6) is 0 Å². The summed E-state index contributed by atoms with van der Waals surface area (Å²) in [5, 5.41) is -0.690. The van der Waals surface area contributed by atoms with Gasteiger partial charge in [0.05, 0.1) is 5.25 Å². The van der Waals surface area contributed by atoms with E-state index in [1.165, 1.54) is 0 Å². The van der Waals surface area contributed by atoms with Crippen LogP contribution < -0.4 is 0 Å². The number of benzene rings is 1. The van der Waals surface area contributed by atoms with Gasteiger partial charge in [-0.05, 0) is 18.4 Å². The third kappa shape index (κ3) is 2.45. The molecular weight excluding hydrogens is 248 g/mol. The average Bonchev–Trinajstić information content (AvgIpc) is 2.21. The molecule has 86 valence electrons. The van der Waals surface area contributed by atoms with Crippen LogP contribution in [0, 0.1) is 0 Å². The first-order valence-electron chi connectivity index (χ1n) is 4.75. The fourth-order valence-corrected chi connectivity index (χ4v) is 3.96. The topological polar surface area (TPSA) is 71.4 Å².